The van der Waals surface area contributed by atoms with Crippen LogP contribution in [0.1, 0.15) is 13.9 Å². The largest absolute Gasteiger partial charge is 1.00 e. The van der Waals surface area contributed by atoms with Crippen LogP contribution in [0.3, 0.4) is 0 Å². The van der Waals surface area contributed by atoms with Crippen molar-refractivity contribution in [1.29, 1.82) is 0 Å². The van der Waals surface area contributed by atoms with E-state index in [0.717, 1.165) is 24.5 Å². The van der Waals surface area contributed by atoms with Gasteiger partial charge in [-0.25, -0.2) is 9.59 Å². The maximum absolute atomic E-state index is 13.7. The van der Waals surface area contributed by atoms with Gasteiger partial charge in [-0.3, -0.25) is 9.13 Å². The highest BCUT2D eigenvalue weighted by molar-refractivity contribution is 5.24. The predicted molar refractivity (Wildman–Crippen MR) is 111 cm³/mol. The van der Waals surface area contributed by atoms with Crippen LogP contribution in [0.4, 0.5) is 29.2 Å². The van der Waals surface area contributed by atoms with Gasteiger partial charge in [0, 0.05) is 12.4 Å². The topological polar surface area (TPSA) is 221 Å². The second-order valence-electron chi connectivity index (χ2n) is 7.74. The molecule has 2 aliphatic heterocycles. The molecule has 2 saturated heterocycles. The van der Waals surface area contributed by atoms with Gasteiger partial charge < -0.3 is 53.8 Å². The molecule has 0 spiro atoms. The molecule has 208 valence electrons. The van der Waals surface area contributed by atoms with Crippen LogP contribution < -0.4 is 35.3 Å². The summed E-state index contributed by atoms with van der Waals surface area (Å²) in [7, 11) is 0. The fourth-order valence-electron chi connectivity index (χ4n) is 3.45. The highest BCUT2D eigenvalue weighted by Crippen LogP contribution is 2.42. The molecule has 8 N–H and O–H groups in total. The fraction of sp³-hybridized carbons (Fsp3) is 0.556. The monoisotopic (exact) mass is 562 g/mol. The lowest BCUT2D eigenvalue weighted by Crippen LogP contribution is -3.00. The minimum atomic E-state index is -3.71. The maximum atomic E-state index is 13.7. The molecule has 0 radical (unpaired) electrons. The summed E-state index contributed by atoms with van der Waals surface area (Å²) >= 11 is 0. The van der Waals surface area contributed by atoms with Crippen molar-refractivity contribution in [2.45, 2.75) is 48.7 Å². The molecule has 0 aromatic carbocycles. The number of nitrogen functional groups attached to an aromatic ring is 2. The molecule has 0 unspecified atom stereocenters. The molecule has 14 nitrogen and oxygen atoms in total. The lowest BCUT2D eigenvalue weighted by molar-refractivity contribution is -0.141. The first-order valence-electron chi connectivity index (χ1n) is 10.1. The van der Waals surface area contributed by atoms with E-state index in [1.165, 1.54) is 0 Å². The first kappa shape index (κ1) is 30.4. The summed E-state index contributed by atoms with van der Waals surface area (Å²) in [6.45, 7) is -1.57. The van der Waals surface area contributed by atoms with Crippen molar-refractivity contribution in [3.63, 3.8) is 0 Å². The predicted octanol–water partition coefficient (Wildman–Crippen LogP) is -5.46. The first-order valence-corrected chi connectivity index (χ1v) is 10.1. The summed E-state index contributed by atoms with van der Waals surface area (Å²) in [6, 6.07) is 2.30. The van der Waals surface area contributed by atoms with Gasteiger partial charge in [0.2, 0.25) is 12.5 Å². The molecule has 19 heteroatoms. The minimum Gasteiger partial charge on any atom is -1.00 e. The highest BCUT2D eigenvalue weighted by atomic mass is 35.5. The number of halogens is 5. The van der Waals surface area contributed by atoms with Gasteiger partial charge in [-0.1, -0.05) is 0 Å². The Labute approximate surface area is 211 Å². The average molecular weight is 563 g/mol. The first-order chi connectivity index (χ1) is 16.7. The zero-order valence-electron chi connectivity index (χ0n) is 19.4. The normalized spacial score (nSPS) is 29.7. The summed E-state index contributed by atoms with van der Waals surface area (Å²) in [5.41, 5.74) is 8.42. The molecule has 6 atom stereocenters. The number of alkyl halides is 4. The minimum absolute atomic E-state index is 0. The zero-order valence-corrected chi connectivity index (χ0v) is 19.2. The Morgan fingerprint density at radius 2 is 1.16 bits per heavy atom. The summed E-state index contributed by atoms with van der Waals surface area (Å²) in [5.74, 6) is -7.65. The Kier molecular flexibility index (Phi) is 9.23. The summed E-state index contributed by atoms with van der Waals surface area (Å²) < 4.78 is 65.4. The number of ether oxygens (including phenoxy) is 2. The SMILES string of the molecule is Nc1ccn([C@@H]2O[C@H](CO)[C@@H](O)C2(F)F)c(=O)n1.Nc1ccn([C@@H]2O[C@H](CO)[C@@H](O)C2(F)F)c(=O)n1.[Cl-].[H+]. The Morgan fingerprint density at radius 1 is 0.838 bits per heavy atom. The standard InChI is InChI=1S/2C9H11F2N3O4.ClH/c2*10-9(11)6(16)4(3-15)18-7(9)14-2-1-5(12)13-8(14)17;/h2*1-2,4,6-7,15-16H,3H2,(H2,12,13,17);1H/t2*4-,6-,7-;/m11./s1. The van der Waals surface area contributed by atoms with Crippen LogP contribution in [0.25, 0.3) is 0 Å². The number of hydrogen-bond acceptors (Lipinski definition) is 12. The number of nitrogens with two attached hydrogens (primary N) is 2. The summed E-state index contributed by atoms with van der Waals surface area (Å²) in [6.07, 6.45) is -9.38. The van der Waals surface area contributed by atoms with Gasteiger partial charge in [0.05, 0.1) is 13.2 Å². The number of hydrogen-bond donors (Lipinski definition) is 6. The van der Waals surface area contributed by atoms with E-state index in [4.69, 9.17) is 31.2 Å². The van der Waals surface area contributed by atoms with E-state index in [1.807, 2.05) is 0 Å². The quantitative estimate of drug-likeness (QED) is 0.192. The van der Waals surface area contributed by atoms with Crippen LogP contribution in [0.2, 0.25) is 0 Å². The molecule has 4 rings (SSSR count). The van der Waals surface area contributed by atoms with E-state index in [9.17, 15) is 37.4 Å². The van der Waals surface area contributed by atoms with Gasteiger partial charge in [0.25, 0.3) is 0 Å². The van der Waals surface area contributed by atoms with Crippen molar-refractivity contribution < 1.29 is 61.3 Å². The van der Waals surface area contributed by atoms with Crippen LogP contribution >= 0.6 is 0 Å². The zero-order chi connectivity index (χ0) is 27.0. The van der Waals surface area contributed by atoms with Gasteiger partial charge in [-0.15, -0.1) is 0 Å². The Morgan fingerprint density at radius 3 is 1.41 bits per heavy atom. The van der Waals surface area contributed by atoms with E-state index in [-0.39, 0.29) is 25.5 Å². The molecule has 2 aliphatic rings. The molecule has 2 fully saturated rings. The maximum Gasteiger partial charge on any atom is 1.00 e. The molecule has 37 heavy (non-hydrogen) atoms. The fourth-order valence-corrected chi connectivity index (χ4v) is 3.45. The molecule has 2 aromatic heterocycles. The average Bonchev–Trinajstić information content (AvgIpc) is 3.17. The van der Waals surface area contributed by atoms with Gasteiger partial charge in [0.15, 0.2) is 12.2 Å². The smallest absolute Gasteiger partial charge is 1.00 e. The van der Waals surface area contributed by atoms with E-state index >= 15 is 0 Å². The third-order valence-corrected chi connectivity index (χ3v) is 5.33. The van der Waals surface area contributed by atoms with Crippen LogP contribution in [-0.4, -0.2) is 89.0 Å². The van der Waals surface area contributed by atoms with Gasteiger partial charge in [-0.2, -0.15) is 27.5 Å². The molecule has 4 heterocycles. The number of aromatic nitrogens is 4. The lowest BCUT2D eigenvalue weighted by atomic mass is 10.1. The van der Waals surface area contributed by atoms with E-state index in [0.29, 0.717) is 9.13 Å². The highest BCUT2D eigenvalue weighted by Gasteiger charge is 2.60. The van der Waals surface area contributed by atoms with E-state index in [1.54, 1.807) is 0 Å². The van der Waals surface area contributed by atoms with Crippen LogP contribution in [-0.2, 0) is 9.47 Å². The molecule has 0 bridgehead atoms. The van der Waals surface area contributed by atoms with Crippen molar-refractivity contribution in [2.24, 2.45) is 0 Å². The number of aliphatic hydroxyl groups is 4. The van der Waals surface area contributed by atoms with Crippen molar-refractivity contribution in [2.75, 3.05) is 24.7 Å². The van der Waals surface area contributed by atoms with Crippen molar-refractivity contribution >= 4 is 11.6 Å². The second-order valence-corrected chi connectivity index (χ2v) is 7.74. The molecule has 0 saturated carbocycles. The van der Waals surface area contributed by atoms with Crippen LogP contribution in [0.15, 0.2) is 34.1 Å². The van der Waals surface area contributed by atoms with Crippen LogP contribution in [0.5, 0.6) is 0 Å². The molecular formula is C18H23ClF4N6O8. The van der Waals surface area contributed by atoms with Crippen molar-refractivity contribution in [3.8, 4) is 0 Å². The van der Waals surface area contributed by atoms with Gasteiger partial charge in [0.1, 0.15) is 23.8 Å². The third-order valence-electron chi connectivity index (χ3n) is 5.33. The lowest BCUT2D eigenvalue weighted by Gasteiger charge is -2.20. The molecule has 2 aromatic rings. The molecule has 0 amide bonds. The molecular weight excluding hydrogens is 540 g/mol. The summed E-state index contributed by atoms with van der Waals surface area (Å²) in [4.78, 5) is 29.4. The van der Waals surface area contributed by atoms with E-state index < -0.39 is 73.3 Å². The summed E-state index contributed by atoms with van der Waals surface area (Å²) in [5, 5.41) is 36.2. The third kappa shape index (κ3) is 5.69. The Bertz CT molecular complexity index is 1120. The van der Waals surface area contributed by atoms with Crippen LogP contribution in [0, 0.1) is 0 Å². The number of aliphatic hydroxyl groups excluding tert-OH is 4. The number of rotatable bonds is 4. The second kappa shape index (κ2) is 11.3. The van der Waals surface area contributed by atoms with E-state index in [2.05, 4.69) is 9.97 Å². The number of anilines is 2. The van der Waals surface area contributed by atoms with Gasteiger partial charge in [-0.05, 0) is 12.1 Å². The Balaban J connectivity index is 0.000000361. The molecule has 0 aliphatic carbocycles. The Hall–Kier alpha value is -2.87. The van der Waals surface area contributed by atoms with Crippen molar-refractivity contribution in [1.82, 2.24) is 19.1 Å². The van der Waals surface area contributed by atoms with Gasteiger partial charge >= 0.3 is 24.7 Å². The van der Waals surface area contributed by atoms with Crippen molar-refractivity contribution in [3.05, 3.63) is 45.5 Å². The number of nitrogens with zero attached hydrogens (tertiary/aromatic N) is 4.